The zero-order valence-corrected chi connectivity index (χ0v) is 10.8. The van der Waals surface area contributed by atoms with Crippen LogP contribution >= 0.6 is 11.6 Å². The minimum absolute atomic E-state index is 0.205. The second-order valence-electron chi connectivity index (χ2n) is 4.11. The monoisotopic (exact) mass is 290 g/mol. The second kappa shape index (κ2) is 4.87. The predicted octanol–water partition coefficient (Wildman–Crippen LogP) is 0.689. The summed E-state index contributed by atoms with van der Waals surface area (Å²) in [6, 6.07) is 4.40. The minimum Gasteiger partial charge on any atom is -0.485 e. The van der Waals surface area contributed by atoms with Crippen molar-refractivity contribution in [3.8, 4) is 5.75 Å². The number of aliphatic hydroxyl groups excluding tert-OH is 1. The van der Waals surface area contributed by atoms with Gasteiger partial charge in [0.05, 0.1) is 16.5 Å². The summed E-state index contributed by atoms with van der Waals surface area (Å²) in [4.78, 5) is 10.5. The number of benzene rings is 1. The summed E-state index contributed by atoms with van der Waals surface area (Å²) in [5.74, 6) is -0.287. The molecule has 1 saturated heterocycles. The van der Waals surface area contributed by atoms with E-state index in [1.807, 2.05) is 0 Å². The van der Waals surface area contributed by atoms with Crippen LogP contribution in [-0.2, 0) is 9.84 Å². The summed E-state index contributed by atoms with van der Waals surface area (Å²) in [7, 11) is -3.26. The number of rotatable bonds is 3. The molecule has 2 rings (SSSR count). The van der Waals surface area contributed by atoms with Gasteiger partial charge in [0.25, 0.3) is 0 Å². The van der Waals surface area contributed by atoms with Crippen LogP contribution in [0.3, 0.4) is 0 Å². The highest BCUT2D eigenvalue weighted by atomic mass is 35.5. The van der Waals surface area contributed by atoms with E-state index < -0.39 is 22.0 Å². The van der Waals surface area contributed by atoms with Gasteiger partial charge in [0.1, 0.15) is 24.2 Å². The number of aldehydes is 1. The van der Waals surface area contributed by atoms with Gasteiger partial charge in [-0.2, -0.15) is 0 Å². The Hall–Kier alpha value is -1.11. The molecule has 18 heavy (non-hydrogen) atoms. The van der Waals surface area contributed by atoms with Crippen LogP contribution in [-0.4, -0.2) is 43.5 Å². The van der Waals surface area contributed by atoms with Gasteiger partial charge in [-0.3, -0.25) is 4.79 Å². The molecule has 0 amide bonds. The van der Waals surface area contributed by atoms with E-state index >= 15 is 0 Å². The van der Waals surface area contributed by atoms with Gasteiger partial charge in [-0.25, -0.2) is 8.42 Å². The van der Waals surface area contributed by atoms with Crippen molar-refractivity contribution in [3.63, 3.8) is 0 Å². The zero-order valence-electron chi connectivity index (χ0n) is 9.24. The third kappa shape index (κ3) is 2.82. The normalized spacial score (nSPS) is 25.9. The van der Waals surface area contributed by atoms with Crippen molar-refractivity contribution < 1.29 is 23.1 Å². The summed E-state index contributed by atoms with van der Waals surface area (Å²) < 4.78 is 28.0. The lowest BCUT2D eigenvalue weighted by atomic mass is 10.2. The largest absolute Gasteiger partial charge is 0.485 e. The highest BCUT2D eigenvalue weighted by Gasteiger charge is 2.38. The van der Waals surface area contributed by atoms with Crippen molar-refractivity contribution in [2.24, 2.45) is 0 Å². The summed E-state index contributed by atoms with van der Waals surface area (Å²) in [5, 5.41) is 9.78. The van der Waals surface area contributed by atoms with Crippen LogP contribution in [0.4, 0.5) is 0 Å². The fourth-order valence-corrected chi connectivity index (χ4v) is 3.65. The molecule has 2 unspecified atom stereocenters. The number of carbonyl (C=O) groups is 1. The van der Waals surface area contributed by atoms with E-state index in [-0.39, 0.29) is 22.3 Å². The Balaban J connectivity index is 2.17. The molecule has 1 N–H and O–H groups in total. The standard InChI is InChI=1S/C11H11ClO5S/c12-8-3-7(4-13)1-2-10(8)17-11-6-18(15,16)5-9(11)14/h1-4,9,11,14H,5-6H2. The van der Waals surface area contributed by atoms with E-state index in [1.54, 1.807) is 0 Å². The van der Waals surface area contributed by atoms with Gasteiger partial charge >= 0.3 is 0 Å². The van der Waals surface area contributed by atoms with Crippen LogP contribution in [0.5, 0.6) is 5.75 Å². The molecule has 2 atom stereocenters. The lowest BCUT2D eigenvalue weighted by molar-refractivity contribution is 0.0738. The van der Waals surface area contributed by atoms with Crippen molar-refractivity contribution >= 4 is 27.7 Å². The molecule has 5 nitrogen and oxygen atoms in total. The lowest BCUT2D eigenvalue weighted by Crippen LogP contribution is -2.29. The molecule has 0 saturated carbocycles. The van der Waals surface area contributed by atoms with Crippen LogP contribution in [0.2, 0.25) is 5.02 Å². The number of sulfone groups is 1. The van der Waals surface area contributed by atoms with Gasteiger partial charge in [-0.05, 0) is 18.2 Å². The molecule has 1 fully saturated rings. The molecule has 1 aliphatic heterocycles. The molecule has 0 radical (unpaired) electrons. The Bertz CT molecular complexity index is 569. The number of ether oxygens (including phenoxy) is 1. The Labute approximate surface area is 109 Å². The van der Waals surface area contributed by atoms with Gasteiger partial charge in [0.15, 0.2) is 9.84 Å². The van der Waals surface area contributed by atoms with Gasteiger partial charge < -0.3 is 9.84 Å². The molecule has 98 valence electrons. The van der Waals surface area contributed by atoms with E-state index in [0.717, 1.165) is 0 Å². The lowest BCUT2D eigenvalue weighted by Gasteiger charge is -2.16. The van der Waals surface area contributed by atoms with Crippen molar-refractivity contribution in [1.82, 2.24) is 0 Å². The summed E-state index contributed by atoms with van der Waals surface area (Å²) in [5.41, 5.74) is 0.395. The number of hydrogen-bond donors (Lipinski definition) is 1. The van der Waals surface area contributed by atoms with Crippen molar-refractivity contribution in [2.75, 3.05) is 11.5 Å². The maximum absolute atomic E-state index is 11.3. The number of aliphatic hydroxyl groups is 1. The predicted molar refractivity (Wildman–Crippen MR) is 65.9 cm³/mol. The van der Waals surface area contributed by atoms with Crippen LogP contribution in [0.15, 0.2) is 18.2 Å². The third-order valence-corrected chi connectivity index (χ3v) is 4.62. The van der Waals surface area contributed by atoms with Gasteiger partial charge in [0.2, 0.25) is 0 Å². The van der Waals surface area contributed by atoms with Gasteiger partial charge in [0, 0.05) is 5.56 Å². The third-order valence-electron chi connectivity index (χ3n) is 2.64. The Morgan fingerprint density at radius 1 is 1.39 bits per heavy atom. The van der Waals surface area contributed by atoms with Crippen LogP contribution in [0, 0.1) is 0 Å². The van der Waals surface area contributed by atoms with E-state index in [0.29, 0.717) is 11.8 Å². The Kier molecular flexibility index (Phi) is 3.61. The van der Waals surface area contributed by atoms with Crippen LogP contribution in [0.25, 0.3) is 0 Å². The van der Waals surface area contributed by atoms with Crippen molar-refractivity contribution in [2.45, 2.75) is 12.2 Å². The molecular formula is C11H11ClO5S. The van der Waals surface area contributed by atoms with Crippen molar-refractivity contribution in [1.29, 1.82) is 0 Å². The first-order valence-electron chi connectivity index (χ1n) is 5.21. The maximum Gasteiger partial charge on any atom is 0.156 e. The molecule has 1 heterocycles. The molecular weight excluding hydrogens is 280 g/mol. The first-order valence-corrected chi connectivity index (χ1v) is 7.41. The molecule has 1 aromatic carbocycles. The first kappa shape index (κ1) is 13.3. The summed E-state index contributed by atoms with van der Waals surface area (Å²) >= 11 is 5.89. The first-order chi connectivity index (χ1) is 8.41. The quantitative estimate of drug-likeness (QED) is 0.829. The Morgan fingerprint density at radius 3 is 2.61 bits per heavy atom. The van der Waals surface area contributed by atoms with E-state index in [4.69, 9.17) is 16.3 Å². The molecule has 0 aromatic heterocycles. The molecule has 0 spiro atoms. The fraction of sp³-hybridized carbons (Fsp3) is 0.364. The van der Waals surface area contributed by atoms with Gasteiger partial charge in [-0.15, -0.1) is 0 Å². The SMILES string of the molecule is O=Cc1ccc(OC2CS(=O)(=O)CC2O)c(Cl)c1. The second-order valence-corrected chi connectivity index (χ2v) is 6.67. The molecule has 1 aromatic rings. The number of hydrogen-bond acceptors (Lipinski definition) is 5. The average molecular weight is 291 g/mol. The molecule has 0 bridgehead atoms. The van der Waals surface area contributed by atoms with Crippen LogP contribution in [0.1, 0.15) is 10.4 Å². The highest BCUT2D eigenvalue weighted by molar-refractivity contribution is 7.91. The summed E-state index contributed by atoms with van der Waals surface area (Å²) in [6.07, 6.45) is -1.24. The fourth-order valence-electron chi connectivity index (χ4n) is 1.76. The molecule has 0 aliphatic carbocycles. The van der Waals surface area contributed by atoms with Crippen LogP contribution < -0.4 is 4.74 Å². The average Bonchev–Trinajstić information content (AvgIpc) is 2.54. The number of halogens is 1. The van der Waals surface area contributed by atoms with Crippen molar-refractivity contribution in [3.05, 3.63) is 28.8 Å². The van der Waals surface area contributed by atoms with Gasteiger partial charge in [-0.1, -0.05) is 11.6 Å². The highest BCUT2D eigenvalue weighted by Crippen LogP contribution is 2.28. The van der Waals surface area contributed by atoms with E-state index in [9.17, 15) is 18.3 Å². The van der Waals surface area contributed by atoms with E-state index in [1.165, 1.54) is 18.2 Å². The van der Waals surface area contributed by atoms with E-state index in [2.05, 4.69) is 0 Å². The zero-order chi connectivity index (χ0) is 13.3. The minimum atomic E-state index is -3.26. The smallest absolute Gasteiger partial charge is 0.156 e. The Morgan fingerprint density at radius 2 is 2.11 bits per heavy atom. The molecule has 7 heteroatoms. The molecule has 1 aliphatic rings. The topological polar surface area (TPSA) is 80.7 Å². The maximum atomic E-state index is 11.3. The summed E-state index contributed by atoms with van der Waals surface area (Å²) in [6.45, 7) is 0. The number of carbonyl (C=O) groups excluding carboxylic acids is 1.